The lowest BCUT2D eigenvalue weighted by atomic mass is 9.81. The SMILES string of the molecule is Cc1cc(C)cc(-c2[nH]c3ccc(C(C)(C)C(=O)N4C5CCC4CC5)cc3c2C(C)CN2CCC(=O)CC2)c1. The monoisotopic (exact) mass is 525 g/mol. The number of ketones is 1. The molecule has 1 unspecified atom stereocenters. The molecule has 206 valence electrons. The number of nitrogens with zero attached hydrogens (tertiary/aromatic N) is 2. The van der Waals surface area contributed by atoms with Crippen LogP contribution in [0.25, 0.3) is 22.2 Å². The van der Waals surface area contributed by atoms with Gasteiger partial charge in [-0.2, -0.15) is 0 Å². The molecule has 3 fully saturated rings. The summed E-state index contributed by atoms with van der Waals surface area (Å²) in [7, 11) is 0. The molecule has 0 radical (unpaired) electrons. The highest BCUT2D eigenvalue weighted by atomic mass is 16.2. The van der Waals surface area contributed by atoms with Crippen LogP contribution >= 0.6 is 0 Å². The molecule has 3 aliphatic heterocycles. The Morgan fingerprint density at radius 2 is 1.59 bits per heavy atom. The van der Waals surface area contributed by atoms with Gasteiger partial charge in [0.2, 0.25) is 5.91 Å². The van der Waals surface area contributed by atoms with Crippen molar-refractivity contribution in [2.24, 2.45) is 0 Å². The van der Waals surface area contributed by atoms with Gasteiger partial charge >= 0.3 is 0 Å². The summed E-state index contributed by atoms with van der Waals surface area (Å²) in [6.07, 6.45) is 5.95. The average molecular weight is 526 g/mol. The first-order valence-corrected chi connectivity index (χ1v) is 14.9. The van der Waals surface area contributed by atoms with Crippen LogP contribution in [0.5, 0.6) is 0 Å². The van der Waals surface area contributed by atoms with E-state index in [0.29, 0.717) is 30.7 Å². The van der Waals surface area contributed by atoms with Crippen molar-refractivity contribution < 1.29 is 9.59 Å². The van der Waals surface area contributed by atoms with Crippen molar-refractivity contribution in [2.75, 3.05) is 19.6 Å². The maximum Gasteiger partial charge on any atom is 0.233 e. The molecular weight excluding hydrogens is 482 g/mol. The van der Waals surface area contributed by atoms with E-state index >= 15 is 0 Å². The van der Waals surface area contributed by atoms with E-state index in [0.717, 1.165) is 56.4 Å². The molecule has 3 aromatic rings. The van der Waals surface area contributed by atoms with E-state index in [1.54, 1.807) is 0 Å². The zero-order valence-electron chi connectivity index (χ0n) is 24.3. The summed E-state index contributed by atoms with van der Waals surface area (Å²) in [6.45, 7) is 13.5. The van der Waals surface area contributed by atoms with E-state index in [4.69, 9.17) is 0 Å². The third-order valence-corrected chi connectivity index (χ3v) is 9.73. The normalized spacial score (nSPS) is 22.7. The number of Topliss-reactive ketones (excluding diaryl/α,β-unsaturated/α-hetero) is 1. The second kappa shape index (κ2) is 9.92. The number of carbonyl (C=O) groups is 2. The summed E-state index contributed by atoms with van der Waals surface area (Å²) in [5, 5.41) is 1.22. The summed E-state index contributed by atoms with van der Waals surface area (Å²) >= 11 is 0. The molecule has 0 saturated carbocycles. The van der Waals surface area contributed by atoms with Crippen LogP contribution in [-0.2, 0) is 15.0 Å². The molecule has 0 aliphatic carbocycles. The van der Waals surface area contributed by atoms with Crippen molar-refractivity contribution in [1.29, 1.82) is 0 Å². The van der Waals surface area contributed by atoms with Crippen molar-refractivity contribution in [3.8, 4) is 11.3 Å². The summed E-state index contributed by atoms with van der Waals surface area (Å²) in [5.74, 6) is 0.931. The Morgan fingerprint density at radius 1 is 0.974 bits per heavy atom. The molecule has 5 heteroatoms. The Hall–Kier alpha value is -2.92. The number of benzene rings is 2. The number of nitrogens with one attached hydrogen (secondary N) is 1. The van der Waals surface area contributed by atoms with E-state index in [1.807, 2.05) is 0 Å². The third kappa shape index (κ3) is 4.73. The van der Waals surface area contributed by atoms with Gasteiger partial charge in [0.15, 0.2) is 0 Å². The van der Waals surface area contributed by atoms with Gasteiger partial charge in [0.1, 0.15) is 5.78 Å². The highest BCUT2D eigenvalue weighted by molar-refractivity contribution is 5.95. The lowest BCUT2D eigenvalue weighted by Gasteiger charge is -2.33. The zero-order valence-corrected chi connectivity index (χ0v) is 24.3. The largest absolute Gasteiger partial charge is 0.354 e. The molecular formula is C34H43N3O2. The number of likely N-dealkylation sites (tertiary alicyclic amines) is 1. The number of aromatic nitrogens is 1. The van der Waals surface area contributed by atoms with Crippen LogP contribution < -0.4 is 0 Å². The summed E-state index contributed by atoms with van der Waals surface area (Å²) in [6, 6.07) is 14.2. The number of hydrogen-bond donors (Lipinski definition) is 1. The van der Waals surface area contributed by atoms with Crippen LogP contribution in [0.4, 0.5) is 0 Å². The Kier molecular flexibility index (Phi) is 6.69. The van der Waals surface area contributed by atoms with E-state index in [-0.39, 0.29) is 11.8 Å². The predicted octanol–water partition coefficient (Wildman–Crippen LogP) is 6.65. The molecule has 3 saturated heterocycles. The molecule has 1 atom stereocenters. The van der Waals surface area contributed by atoms with Crippen LogP contribution in [0.3, 0.4) is 0 Å². The number of rotatable bonds is 6. The minimum absolute atomic E-state index is 0.270. The molecule has 4 heterocycles. The second-order valence-corrected chi connectivity index (χ2v) is 13.1. The molecule has 1 aromatic heterocycles. The topological polar surface area (TPSA) is 56.4 Å². The number of fused-ring (bicyclic) bond motifs is 3. The number of aryl methyl sites for hydroxylation is 2. The number of hydrogen-bond acceptors (Lipinski definition) is 3. The molecule has 2 bridgehead atoms. The zero-order chi connectivity index (χ0) is 27.5. The lowest BCUT2D eigenvalue weighted by Crippen LogP contribution is -2.45. The molecule has 3 aliphatic rings. The van der Waals surface area contributed by atoms with E-state index in [1.165, 1.54) is 33.3 Å². The minimum Gasteiger partial charge on any atom is -0.354 e. The molecule has 39 heavy (non-hydrogen) atoms. The predicted molar refractivity (Wildman–Crippen MR) is 158 cm³/mol. The first-order valence-electron chi connectivity index (χ1n) is 14.9. The Balaban J connectivity index is 1.42. The van der Waals surface area contributed by atoms with Crippen molar-refractivity contribution in [1.82, 2.24) is 14.8 Å². The molecule has 0 spiro atoms. The van der Waals surface area contributed by atoms with Crippen LogP contribution in [0.15, 0.2) is 36.4 Å². The molecule has 6 rings (SSSR count). The molecule has 1 amide bonds. The van der Waals surface area contributed by atoms with Gasteiger partial charge in [-0.3, -0.25) is 9.59 Å². The number of aromatic amines is 1. The van der Waals surface area contributed by atoms with Crippen LogP contribution in [0.1, 0.15) is 87.5 Å². The van der Waals surface area contributed by atoms with Crippen molar-refractivity contribution >= 4 is 22.6 Å². The number of amides is 1. The van der Waals surface area contributed by atoms with Gasteiger partial charge < -0.3 is 14.8 Å². The fourth-order valence-corrected chi connectivity index (χ4v) is 7.61. The lowest BCUT2D eigenvalue weighted by molar-refractivity contribution is -0.137. The second-order valence-electron chi connectivity index (χ2n) is 13.1. The first kappa shape index (κ1) is 26.3. The van der Waals surface area contributed by atoms with Crippen LogP contribution in [0, 0.1) is 13.8 Å². The number of carbonyl (C=O) groups excluding carboxylic acids is 2. The standard InChI is InChI=1S/C34H43N3O2/c1-21-16-22(2)18-24(17-21)32-31(23(3)20-36-14-12-28(38)13-15-36)29-19-25(6-11-30(29)35-32)34(4,5)33(39)37-26-7-8-27(37)10-9-26/h6,11,16-19,23,26-27,35H,7-10,12-15,20H2,1-5H3. The van der Waals surface area contributed by atoms with Gasteiger partial charge in [-0.1, -0.05) is 30.2 Å². The third-order valence-electron chi connectivity index (χ3n) is 9.73. The molecule has 5 nitrogen and oxygen atoms in total. The van der Waals surface area contributed by atoms with Gasteiger partial charge in [0.25, 0.3) is 0 Å². The van der Waals surface area contributed by atoms with Crippen molar-refractivity contribution in [3.63, 3.8) is 0 Å². The maximum atomic E-state index is 14.0. The fraction of sp³-hybridized carbons (Fsp3) is 0.529. The summed E-state index contributed by atoms with van der Waals surface area (Å²) in [4.78, 5) is 34.3. The smallest absolute Gasteiger partial charge is 0.233 e. The number of H-pyrrole nitrogens is 1. The Bertz CT molecular complexity index is 1380. The van der Waals surface area contributed by atoms with Crippen LogP contribution in [0.2, 0.25) is 0 Å². The van der Waals surface area contributed by atoms with Crippen molar-refractivity contribution in [2.45, 2.75) is 96.6 Å². The highest BCUT2D eigenvalue weighted by Gasteiger charge is 2.47. The van der Waals surface area contributed by atoms with E-state index in [9.17, 15) is 9.59 Å². The summed E-state index contributed by atoms with van der Waals surface area (Å²) in [5.41, 5.74) is 7.85. The van der Waals surface area contributed by atoms with Gasteiger partial charge in [-0.05, 0) is 100 Å². The quantitative estimate of drug-likeness (QED) is 0.392. The highest BCUT2D eigenvalue weighted by Crippen LogP contribution is 2.43. The van der Waals surface area contributed by atoms with Gasteiger partial charge in [-0.25, -0.2) is 0 Å². The van der Waals surface area contributed by atoms with Gasteiger partial charge in [0, 0.05) is 55.5 Å². The van der Waals surface area contributed by atoms with Crippen molar-refractivity contribution in [3.05, 3.63) is 58.7 Å². The van der Waals surface area contributed by atoms with E-state index in [2.05, 4.69) is 85.8 Å². The number of piperidine rings is 1. The van der Waals surface area contributed by atoms with Gasteiger partial charge in [0.05, 0.1) is 11.1 Å². The maximum absolute atomic E-state index is 14.0. The van der Waals surface area contributed by atoms with Gasteiger partial charge in [-0.15, -0.1) is 0 Å². The molecule has 1 N–H and O–H groups in total. The van der Waals surface area contributed by atoms with E-state index < -0.39 is 5.41 Å². The molecule has 2 aromatic carbocycles. The average Bonchev–Trinajstić information content (AvgIpc) is 3.61. The summed E-state index contributed by atoms with van der Waals surface area (Å²) < 4.78 is 0. The minimum atomic E-state index is -0.579. The van der Waals surface area contributed by atoms with Crippen LogP contribution in [-0.4, -0.2) is 58.2 Å². The fourth-order valence-electron chi connectivity index (χ4n) is 7.61. The Labute approximate surface area is 233 Å². The Morgan fingerprint density at radius 3 is 2.21 bits per heavy atom. The first-order chi connectivity index (χ1) is 18.6.